The van der Waals surface area contributed by atoms with E-state index in [1.807, 2.05) is 43.3 Å². The number of nitrogens with two attached hydrogens (primary N) is 1. The fourth-order valence-corrected chi connectivity index (χ4v) is 2.25. The first-order valence-electron chi connectivity index (χ1n) is 6.64. The average molecular weight is 280 g/mol. The van der Waals surface area contributed by atoms with Crippen LogP contribution in [0.25, 0.3) is 10.8 Å². The Morgan fingerprint density at radius 2 is 1.76 bits per heavy atom. The summed E-state index contributed by atoms with van der Waals surface area (Å²) in [5, 5.41) is 1.80. The lowest BCUT2D eigenvalue weighted by Crippen LogP contribution is -1.94. The minimum atomic E-state index is 0.665. The van der Waals surface area contributed by atoms with Gasteiger partial charge in [0.1, 0.15) is 5.75 Å². The largest absolute Gasteiger partial charge is 0.493 e. The Morgan fingerprint density at radius 3 is 2.57 bits per heavy atom. The highest BCUT2D eigenvalue weighted by Crippen LogP contribution is 2.36. The summed E-state index contributed by atoms with van der Waals surface area (Å²) in [4.78, 5) is 4.15. The summed E-state index contributed by atoms with van der Waals surface area (Å²) in [5.74, 6) is 2.07. The van der Waals surface area contributed by atoms with Crippen molar-refractivity contribution in [3.8, 4) is 17.2 Å². The Labute approximate surface area is 123 Å². The zero-order valence-electron chi connectivity index (χ0n) is 12.0. The summed E-state index contributed by atoms with van der Waals surface area (Å²) in [6.07, 6.45) is 3.47. The van der Waals surface area contributed by atoms with Gasteiger partial charge in [-0.05, 0) is 42.8 Å². The second-order valence-corrected chi connectivity index (χ2v) is 4.83. The molecular formula is C17H16N2O2. The highest BCUT2D eigenvalue weighted by molar-refractivity contribution is 5.96. The van der Waals surface area contributed by atoms with Crippen molar-refractivity contribution in [1.29, 1.82) is 0 Å². The lowest BCUT2D eigenvalue weighted by molar-refractivity contribution is 0.380. The number of anilines is 1. The Bertz CT molecular complexity index is 800. The van der Waals surface area contributed by atoms with Gasteiger partial charge in [-0.25, -0.2) is 0 Å². The molecule has 106 valence electrons. The molecule has 4 heteroatoms. The molecule has 0 unspecified atom stereocenters. The van der Waals surface area contributed by atoms with Gasteiger partial charge in [-0.3, -0.25) is 4.98 Å². The van der Waals surface area contributed by atoms with E-state index in [-0.39, 0.29) is 0 Å². The average Bonchev–Trinajstić information content (AvgIpc) is 2.52. The molecule has 1 heterocycles. The van der Waals surface area contributed by atoms with Gasteiger partial charge in [0.05, 0.1) is 7.11 Å². The van der Waals surface area contributed by atoms with E-state index in [2.05, 4.69) is 4.98 Å². The molecule has 2 N–H and O–H groups in total. The van der Waals surface area contributed by atoms with E-state index in [1.165, 1.54) is 0 Å². The van der Waals surface area contributed by atoms with E-state index in [0.717, 1.165) is 16.3 Å². The number of aromatic nitrogens is 1. The van der Waals surface area contributed by atoms with Gasteiger partial charge in [0.25, 0.3) is 0 Å². The monoisotopic (exact) mass is 280 g/mol. The number of hydrogen-bond donors (Lipinski definition) is 1. The fraction of sp³-hybridized carbons (Fsp3) is 0.118. The van der Waals surface area contributed by atoms with Crippen molar-refractivity contribution in [3.63, 3.8) is 0 Å². The molecule has 0 spiro atoms. The zero-order valence-corrected chi connectivity index (χ0v) is 12.0. The number of pyridine rings is 1. The smallest absolute Gasteiger partial charge is 0.169 e. The number of nitrogen functional groups attached to an aromatic ring is 1. The van der Waals surface area contributed by atoms with E-state index in [9.17, 15) is 0 Å². The van der Waals surface area contributed by atoms with Gasteiger partial charge in [-0.15, -0.1) is 0 Å². The van der Waals surface area contributed by atoms with Crippen molar-refractivity contribution in [2.75, 3.05) is 12.8 Å². The Morgan fingerprint density at radius 1 is 0.952 bits per heavy atom. The van der Waals surface area contributed by atoms with Crippen molar-refractivity contribution in [3.05, 3.63) is 54.4 Å². The predicted octanol–water partition coefficient (Wildman–Crippen LogP) is 3.93. The molecule has 0 fully saturated rings. The topological polar surface area (TPSA) is 57.4 Å². The lowest BCUT2D eigenvalue weighted by Gasteiger charge is -2.13. The maximum Gasteiger partial charge on any atom is 0.169 e. The van der Waals surface area contributed by atoms with Crippen LogP contribution in [0.1, 0.15) is 5.56 Å². The number of benzene rings is 2. The number of ether oxygens (including phenoxy) is 2. The molecule has 3 rings (SSSR count). The third-order valence-electron chi connectivity index (χ3n) is 3.35. The molecule has 0 amide bonds. The van der Waals surface area contributed by atoms with Crippen LogP contribution >= 0.6 is 0 Å². The summed E-state index contributed by atoms with van der Waals surface area (Å²) in [6.45, 7) is 2.01. The van der Waals surface area contributed by atoms with Gasteiger partial charge in [-0.1, -0.05) is 6.07 Å². The van der Waals surface area contributed by atoms with Gasteiger partial charge < -0.3 is 15.2 Å². The SMILES string of the molecule is COc1cc(C)ccc1Oc1ccc(N)c2ccncc12. The van der Waals surface area contributed by atoms with Gasteiger partial charge in [0.15, 0.2) is 11.5 Å². The van der Waals surface area contributed by atoms with Crippen LogP contribution in [-0.2, 0) is 0 Å². The maximum atomic E-state index is 6.00. The van der Waals surface area contributed by atoms with Crippen molar-refractivity contribution in [2.24, 2.45) is 0 Å². The number of nitrogens with zero attached hydrogens (tertiary/aromatic N) is 1. The van der Waals surface area contributed by atoms with E-state index < -0.39 is 0 Å². The number of methoxy groups -OCH3 is 1. The summed E-state index contributed by atoms with van der Waals surface area (Å²) in [7, 11) is 1.63. The molecule has 1 aromatic heterocycles. The van der Waals surface area contributed by atoms with E-state index >= 15 is 0 Å². The molecule has 21 heavy (non-hydrogen) atoms. The van der Waals surface area contributed by atoms with Gasteiger partial charge >= 0.3 is 0 Å². The number of hydrogen-bond acceptors (Lipinski definition) is 4. The van der Waals surface area contributed by atoms with Crippen LogP contribution in [0.5, 0.6) is 17.2 Å². The first kappa shape index (κ1) is 13.2. The second kappa shape index (κ2) is 5.32. The van der Waals surface area contributed by atoms with Crippen molar-refractivity contribution < 1.29 is 9.47 Å². The normalized spacial score (nSPS) is 10.6. The molecule has 0 aliphatic carbocycles. The summed E-state index contributed by atoms with van der Waals surface area (Å²) < 4.78 is 11.4. The van der Waals surface area contributed by atoms with Crippen molar-refractivity contribution in [1.82, 2.24) is 4.98 Å². The Balaban J connectivity index is 2.09. The van der Waals surface area contributed by atoms with Crippen LogP contribution in [0.15, 0.2) is 48.8 Å². The Hall–Kier alpha value is -2.75. The van der Waals surface area contributed by atoms with Crippen LogP contribution < -0.4 is 15.2 Å². The summed E-state index contributed by atoms with van der Waals surface area (Å²) >= 11 is 0. The van der Waals surface area contributed by atoms with Crippen LogP contribution in [0.3, 0.4) is 0 Å². The lowest BCUT2D eigenvalue weighted by atomic mass is 10.1. The second-order valence-electron chi connectivity index (χ2n) is 4.83. The van der Waals surface area contributed by atoms with E-state index in [4.69, 9.17) is 15.2 Å². The quantitative estimate of drug-likeness (QED) is 0.739. The first-order valence-corrected chi connectivity index (χ1v) is 6.64. The highest BCUT2D eigenvalue weighted by Gasteiger charge is 2.10. The molecule has 0 radical (unpaired) electrons. The standard InChI is InChI=1S/C17H16N2O2/c1-11-3-5-16(17(9-11)20-2)21-15-6-4-14(18)12-7-8-19-10-13(12)15/h3-10H,18H2,1-2H3. The van der Waals surface area contributed by atoms with Crippen LogP contribution in [0.2, 0.25) is 0 Å². The highest BCUT2D eigenvalue weighted by atomic mass is 16.5. The van der Waals surface area contributed by atoms with Crippen molar-refractivity contribution >= 4 is 16.5 Å². The molecule has 0 aliphatic rings. The predicted molar refractivity (Wildman–Crippen MR) is 84.0 cm³/mol. The molecule has 0 saturated heterocycles. The molecule has 4 nitrogen and oxygen atoms in total. The van der Waals surface area contributed by atoms with E-state index in [0.29, 0.717) is 22.9 Å². The molecule has 0 atom stereocenters. The van der Waals surface area contributed by atoms with Gasteiger partial charge in [-0.2, -0.15) is 0 Å². The van der Waals surface area contributed by atoms with Crippen LogP contribution in [0.4, 0.5) is 5.69 Å². The number of rotatable bonds is 3. The maximum absolute atomic E-state index is 6.00. The van der Waals surface area contributed by atoms with Crippen molar-refractivity contribution in [2.45, 2.75) is 6.92 Å². The molecule has 3 aromatic rings. The fourth-order valence-electron chi connectivity index (χ4n) is 2.25. The third-order valence-corrected chi connectivity index (χ3v) is 3.35. The Kier molecular flexibility index (Phi) is 3.36. The minimum absolute atomic E-state index is 0.665. The number of aryl methyl sites for hydroxylation is 1. The van der Waals surface area contributed by atoms with Crippen LogP contribution in [0, 0.1) is 6.92 Å². The van der Waals surface area contributed by atoms with Gasteiger partial charge in [0, 0.05) is 28.9 Å². The molecule has 0 saturated carbocycles. The number of fused-ring (bicyclic) bond motifs is 1. The summed E-state index contributed by atoms with van der Waals surface area (Å²) in [6, 6.07) is 11.4. The minimum Gasteiger partial charge on any atom is -0.493 e. The third kappa shape index (κ3) is 2.48. The first-order chi connectivity index (χ1) is 10.2. The summed E-state index contributed by atoms with van der Waals surface area (Å²) in [5.41, 5.74) is 7.80. The molecule has 0 aliphatic heterocycles. The van der Waals surface area contributed by atoms with Crippen LogP contribution in [-0.4, -0.2) is 12.1 Å². The van der Waals surface area contributed by atoms with Gasteiger partial charge in [0.2, 0.25) is 0 Å². The van der Waals surface area contributed by atoms with E-state index in [1.54, 1.807) is 19.5 Å². The molecule has 0 bridgehead atoms. The zero-order chi connectivity index (χ0) is 14.8. The molecular weight excluding hydrogens is 264 g/mol. The molecule has 2 aromatic carbocycles.